The molecule has 0 aromatic carbocycles. The first-order valence-electron chi connectivity index (χ1n) is 6.53. The van der Waals surface area contributed by atoms with Gasteiger partial charge < -0.3 is 15.3 Å². The van der Waals surface area contributed by atoms with Crippen LogP contribution in [-0.2, 0) is 14.4 Å². The van der Waals surface area contributed by atoms with E-state index in [-0.39, 0.29) is 40.4 Å². The number of carbonyl (C=O) groups is 3. The van der Waals surface area contributed by atoms with Gasteiger partial charge in [-0.15, -0.1) is 0 Å². The third kappa shape index (κ3) is 22.0. The molecule has 132 valence electrons. The molecule has 22 heavy (non-hydrogen) atoms. The molecule has 6 nitrogen and oxygen atoms in total. The molecule has 0 bridgehead atoms. The van der Waals surface area contributed by atoms with Gasteiger partial charge in [-0.05, 0) is 62.3 Å². The van der Waals surface area contributed by atoms with Gasteiger partial charge in [-0.25, -0.2) is 0 Å². The van der Waals surface area contributed by atoms with Crippen LogP contribution in [0.15, 0.2) is 0 Å². The first-order valence-corrected chi connectivity index (χ1v) is 6.53. The minimum Gasteiger partial charge on any atom is -0.481 e. The monoisotopic (exact) mass is 458 g/mol. The average molecular weight is 457 g/mol. The zero-order chi connectivity index (χ0) is 18.2. The van der Waals surface area contributed by atoms with Crippen molar-refractivity contribution in [3.8, 4) is 0 Å². The van der Waals surface area contributed by atoms with Gasteiger partial charge in [0.05, 0.1) is 16.2 Å². The number of aliphatic carboxylic acids is 3. The third-order valence-electron chi connectivity index (χ3n) is 1.92. The Balaban J connectivity index is -0.000000108. The van der Waals surface area contributed by atoms with Crippen LogP contribution in [0.4, 0.5) is 0 Å². The van der Waals surface area contributed by atoms with Crippen LogP contribution in [0.2, 0.25) is 0 Å². The molecule has 0 atom stereocenters. The summed E-state index contributed by atoms with van der Waals surface area (Å²) < 4.78 is 0. The second kappa shape index (κ2) is 11.3. The first kappa shape index (κ1) is 29.7. The molecule has 0 saturated heterocycles. The normalized spacial score (nSPS) is 10.8. The van der Waals surface area contributed by atoms with Crippen molar-refractivity contribution in [2.75, 3.05) is 0 Å². The van der Waals surface area contributed by atoms with Crippen LogP contribution < -0.4 is 0 Å². The molecule has 0 saturated carbocycles. The van der Waals surface area contributed by atoms with Crippen LogP contribution in [0.1, 0.15) is 62.3 Å². The summed E-state index contributed by atoms with van der Waals surface area (Å²) in [5, 5.41) is 24.8. The molecule has 3 N–H and O–H groups in total. The molecule has 0 aliphatic rings. The Morgan fingerprint density at radius 2 is 0.545 bits per heavy atom. The van der Waals surface area contributed by atoms with Crippen LogP contribution in [0.5, 0.6) is 0 Å². The van der Waals surface area contributed by atoms with Gasteiger partial charge in [-0.3, -0.25) is 14.4 Å². The number of hydrogen-bond donors (Lipinski definition) is 3. The van der Waals surface area contributed by atoms with Crippen molar-refractivity contribution in [2.45, 2.75) is 62.3 Å². The van der Waals surface area contributed by atoms with E-state index >= 15 is 0 Å². The van der Waals surface area contributed by atoms with E-state index in [0.29, 0.717) is 0 Å². The molecular weight excluding hydrogens is 427 g/mol. The van der Waals surface area contributed by atoms with E-state index in [4.69, 9.17) is 15.3 Å². The molecule has 0 unspecified atom stereocenters. The van der Waals surface area contributed by atoms with Crippen molar-refractivity contribution in [2.24, 2.45) is 16.2 Å². The number of carboxylic acids is 3. The van der Waals surface area contributed by atoms with E-state index in [1.165, 1.54) is 0 Å². The van der Waals surface area contributed by atoms with Crippen LogP contribution >= 0.6 is 0 Å². The van der Waals surface area contributed by atoms with Gasteiger partial charge in [0.1, 0.15) is 0 Å². The van der Waals surface area contributed by atoms with E-state index in [1.54, 1.807) is 62.3 Å². The fourth-order valence-electron chi connectivity index (χ4n) is 0. The smallest absolute Gasteiger partial charge is 0.308 e. The topological polar surface area (TPSA) is 112 Å². The van der Waals surface area contributed by atoms with E-state index < -0.39 is 34.2 Å². The van der Waals surface area contributed by atoms with E-state index in [0.717, 1.165) is 0 Å². The summed E-state index contributed by atoms with van der Waals surface area (Å²) in [7, 11) is 0. The molecule has 0 fully saturated rings. The molecule has 0 rings (SSSR count). The number of rotatable bonds is 0. The predicted octanol–water partition coefficient (Wildman–Crippen LogP) is 3.35. The Kier molecular flexibility index (Phi) is 15.3. The summed E-state index contributed by atoms with van der Waals surface area (Å²) in [5.74, 6) is -2.27. The van der Waals surface area contributed by atoms with Crippen molar-refractivity contribution in [1.82, 2.24) is 0 Å². The maximum absolute atomic E-state index is 10.0. The predicted molar refractivity (Wildman–Crippen MR) is 81.3 cm³/mol. The van der Waals surface area contributed by atoms with E-state index in [9.17, 15) is 14.4 Å². The molecule has 0 aromatic rings. The van der Waals surface area contributed by atoms with Gasteiger partial charge in [0.2, 0.25) is 0 Å². The SMILES string of the molecule is CC(C)(C)C(=O)O.CC(C)(C)C(=O)O.CC(C)(C)C(=O)O.[Sm]. The van der Waals surface area contributed by atoms with Crippen LogP contribution in [0, 0.1) is 56.6 Å². The number of carboxylic acid groups (broad SMARTS) is 3. The summed E-state index contributed by atoms with van der Waals surface area (Å²) >= 11 is 0. The zero-order valence-electron chi connectivity index (χ0n) is 15.0. The summed E-state index contributed by atoms with van der Waals surface area (Å²) in [4.78, 5) is 30.1. The van der Waals surface area contributed by atoms with Crippen molar-refractivity contribution in [1.29, 1.82) is 0 Å². The largest absolute Gasteiger partial charge is 0.481 e. The molecule has 7 heteroatoms. The molecule has 0 aromatic heterocycles. The Labute approximate surface area is 165 Å². The van der Waals surface area contributed by atoms with Gasteiger partial charge in [0.25, 0.3) is 0 Å². The third-order valence-corrected chi connectivity index (χ3v) is 1.92. The van der Waals surface area contributed by atoms with E-state index in [2.05, 4.69) is 0 Å². The second-order valence-corrected chi connectivity index (χ2v) is 7.67. The van der Waals surface area contributed by atoms with E-state index in [1.807, 2.05) is 0 Å². The Hall–Kier alpha value is -0.252. The standard InChI is InChI=1S/3C5H10O2.Sm/c3*1-5(2,3)4(6)7;/h3*1-3H3,(H,6,7);. The summed E-state index contributed by atoms with van der Waals surface area (Å²) in [5.41, 5.74) is -1.75. The minimum atomic E-state index is -0.757. The molecule has 0 radical (unpaired) electrons. The van der Waals surface area contributed by atoms with Gasteiger partial charge >= 0.3 is 17.9 Å². The number of hydrogen-bond acceptors (Lipinski definition) is 3. The molecule has 0 spiro atoms. The summed E-state index contributed by atoms with van der Waals surface area (Å²) in [6, 6.07) is 0. The summed E-state index contributed by atoms with van der Waals surface area (Å²) in [6.45, 7) is 15.0. The van der Waals surface area contributed by atoms with Gasteiger partial charge in [0, 0.05) is 40.4 Å². The van der Waals surface area contributed by atoms with Crippen molar-refractivity contribution < 1.29 is 70.1 Å². The Bertz CT molecular complexity index is 299. The quantitative estimate of drug-likeness (QED) is 0.515. The molecular formula is C15H30O6Sm. The molecule has 0 aliphatic carbocycles. The summed E-state index contributed by atoms with van der Waals surface area (Å²) in [6.07, 6.45) is 0. The fourth-order valence-corrected chi connectivity index (χ4v) is 0. The second-order valence-electron chi connectivity index (χ2n) is 7.67. The van der Waals surface area contributed by atoms with Gasteiger partial charge in [-0.2, -0.15) is 0 Å². The Morgan fingerprint density at radius 1 is 0.500 bits per heavy atom. The van der Waals surface area contributed by atoms with Crippen molar-refractivity contribution >= 4 is 17.9 Å². The first-order chi connectivity index (χ1) is 8.83. The molecule has 0 amide bonds. The van der Waals surface area contributed by atoms with Gasteiger partial charge in [0.15, 0.2) is 0 Å². The molecule has 0 aliphatic heterocycles. The average Bonchev–Trinajstić information content (AvgIpc) is 2.14. The van der Waals surface area contributed by atoms with Crippen molar-refractivity contribution in [3.05, 3.63) is 0 Å². The fraction of sp³-hybridized carbons (Fsp3) is 0.800. The molecule has 0 heterocycles. The Morgan fingerprint density at radius 3 is 0.545 bits per heavy atom. The maximum Gasteiger partial charge on any atom is 0.308 e. The van der Waals surface area contributed by atoms with Crippen LogP contribution in [0.25, 0.3) is 0 Å². The van der Waals surface area contributed by atoms with Gasteiger partial charge in [-0.1, -0.05) is 0 Å². The van der Waals surface area contributed by atoms with Crippen LogP contribution in [0.3, 0.4) is 0 Å². The van der Waals surface area contributed by atoms with Crippen LogP contribution in [-0.4, -0.2) is 33.2 Å². The minimum absolute atomic E-state index is 0. The zero-order valence-corrected chi connectivity index (χ0v) is 17.6. The van der Waals surface area contributed by atoms with Crippen molar-refractivity contribution in [3.63, 3.8) is 0 Å². The maximum atomic E-state index is 10.0.